The topological polar surface area (TPSA) is 107 Å². The zero-order valence-corrected chi connectivity index (χ0v) is 20.8. The van der Waals surface area contributed by atoms with Crippen LogP contribution >= 0.6 is 0 Å². The summed E-state index contributed by atoms with van der Waals surface area (Å²) in [6.45, 7) is 4.79. The molecule has 1 N–H and O–H groups in total. The molecule has 2 aromatic heterocycles. The highest BCUT2D eigenvalue weighted by Gasteiger charge is 2.29. The maximum atomic E-state index is 13.2. The Morgan fingerprint density at radius 1 is 1.16 bits per heavy atom. The fraction of sp³-hybridized carbons (Fsp3) is 0.407. The Morgan fingerprint density at radius 2 is 2.00 bits per heavy atom. The second-order valence-corrected chi connectivity index (χ2v) is 9.59. The lowest BCUT2D eigenvalue weighted by Crippen LogP contribution is -2.37. The van der Waals surface area contributed by atoms with Gasteiger partial charge in [0.25, 0.3) is 5.56 Å². The summed E-state index contributed by atoms with van der Waals surface area (Å²) in [6, 6.07) is 15.7. The second-order valence-electron chi connectivity index (χ2n) is 9.59. The highest BCUT2D eigenvalue weighted by atomic mass is 16.7. The van der Waals surface area contributed by atoms with Gasteiger partial charge in [0.15, 0.2) is 17.3 Å². The van der Waals surface area contributed by atoms with E-state index in [0.717, 1.165) is 48.2 Å². The van der Waals surface area contributed by atoms with E-state index in [1.807, 2.05) is 41.1 Å². The molecule has 2 aliphatic heterocycles. The van der Waals surface area contributed by atoms with E-state index in [-0.39, 0.29) is 24.5 Å². The summed E-state index contributed by atoms with van der Waals surface area (Å²) in [6.07, 6.45) is 2.94. The van der Waals surface area contributed by atoms with Crippen LogP contribution < -0.4 is 15.0 Å². The lowest BCUT2D eigenvalue weighted by atomic mass is 10.1. The summed E-state index contributed by atoms with van der Waals surface area (Å²) in [4.78, 5) is 18.5. The average Bonchev–Trinajstić information content (AvgIpc) is 3.68. The molecule has 10 nitrogen and oxygen atoms in total. The number of hydrogen-bond acceptors (Lipinski definition) is 8. The van der Waals surface area contributed by atoms with E-state index in [1.165, 1.54) is 0 Å². The Labute approximate surface area is 214 Å². The zero-order valence-electron chi connectivity index (χ0n) is 20.8. The Kier molecular flexibility index (Phi) is 6.58. The van der Waals surface area contributed by atoms with Crippen LogP contribution in [0.15, 0.2) is 53.3 Å². The predicted octanol–water partition coefficient (Wildman–Crippen LogP) is 3.42. The van der Waals surface area contributed by atoms with Crippen LogP contribution in [0.3, 0.4) is 0 Å². The molecule has 37 heavy (non-hydrogen) atoms. The van der Waals surface area contributed by atoms with E-state index < -0.39 is 0 Å². The average molecular weight is 503 g/mol. The zero-order chi connectivity index (χ0) is 25.2. The fourth-order valence-corrected chi connectivity index (χ4v) is 5.25. The summed E-state index contributed by atoms with van der Waals surface area (Å²) in [7, 11) is 0. The number of hydrogen-bond donors (Lipinski definition) is 1. The number of ether oxygens (including phenoxy) is 3. The van der Waals surface area contributed by atoms with E-state index >= 15 is 0 Å². The van der Waals surface area contributed by atoms with Gasteiger partial charge >= 0.3 is 0 Å². The van der Waals surface area contributed by atoms with Gasteiger partial charge in [0.2, 0.25) is 6.79 Å². The van der Waals surface area contributed by atoms with Crippen molar-refractivity contribution in [2.75, 3.05) is 19.9 Å². The van der Waals surface area contributed by atoms with Crippen molar-refractivity contribution >= 4 is 10.9 Å². The molecule has 2 aromatic carbocycles. The monoisotopic (exact) mass is 502 g/mol. The number of aromatic nitrogens is 5. The van der Waals surface area contributed by atoms with E-state index in [0.29, 0.717) is 36.7 Å². The molecule has 0 amide bonds. The maximum Gasteiger partial charge on any atom is 0.252 e. The third-order valence-corrected chi connectivity index (χ3v) is 7.11. The summed E-state index contributed by atoms with van der Waals surface area (Å²) < 4.78 is 18.9. The maximum absolute atomic E-state index is 13.2. The Balaban J connectivity index is 1.33. The molecule has 6 rings (SSSR count). The van der Waals surface area contributed by atoms with Crippen molar-refractivity contribution in [1.29, 1.82) is 0 Å². The number of pyridine rings is 1. The molecule has 4 heterocycles. The van der Waals surface area contributed by atoms with Crippen molar-refractivity contribution in [3.8, 4) is 11.5 Å². The van der Waals surface area contributed by atoms with Gasteiger partial charge in [-0.05, 0) is 47.4 Å². The van der Waals surface area contributed by atoms with Gasteiger partial charge in [-0.15, -0.1) is 5.10 Å². The van der Waals surface area contributed by atoms with Crippen LogP contribution in [0.4, 0.5) is 0 Å². The lowest BCUT2D eigenvalue weighted by molar-refractivity contribution is 0.0489. The third kappa shape index (κ3) is 4.94. The normalized spacial score (nSPS) is 17.6. The summed E-state index contributed by atoms with van der Waals surface area (Å²) in [5.41, 5.74) is 2.40. The molecule has 2 aliphatic rings. The standard InChI is InChI=1S/C27H30N6O4/c1-2-23(26-29-30-31-33(26)14-18-7-4-3-5-8-18)32(16-21-9-6-10-35-21)15-20-11-19-12-24-25(37-17-36-24)13-22(19)28-27(20)34/h3-5,7-8,11-13,21,23H,2,6,9-10,14-17H2,1H3,(H,28,34)/t21-,23+/m0/s1. The van der Waals surface area contributed by atoms with Gasteiger partial charge in [-0.1, -0.05) is 37.3 Å². The minimum Gasteiger partial charge on any atom is -0.454 e. The SMILES string of the molecule is CC[C@H](c1nnnn1Cc1ccccc1)N(Cc1cc2cc3c(cc2[nH]c1=O)OCO3)C[C@@H]1CCCO1. The van der Waals surface area contributed by atoms with Gasteiger partial charge < -0.3 is 19.2 Å². The Hall–Kier alpha value is -3.76. The number of aromatic amines is 1. The molecule has 10 heteroatoms. The van der Waals surface area contributed by atoms with Crippen molar-refractivity contribution in [3.63, 3.8) is 0 Å². The van der Waals surface area contributed by atoms with Gasteiger partial charge in [-0.3, -0.25) is 9.69 Å². The van der Waals surface area contributed by atoms with Crippen molar-refractivity contribution < 1.29 is 14.2 Å². The lowest BCUT2D eigenvalue weighted by Gasteiger charge is -2.32. The second kappa shape index (κ2) is 10.3. The van der Waals surface area contributed by atoms with Gasteiger partial charge in [-0.25, -0.2) is 4.68 Å². The molecule has 0 bridgehead atoms. The molecule has 0 aliphatic carbocycles. The number of nitrogens with one attached hydrogen (secondary N) is 1. The van der Waals surface area contributed by atoms with Crippen LogP contribution in [0.25, 0.3) is 10.9 Å². The first-order valence-electron chi connectivity index (χ1n) is 12.8. The van der Waals surface area contributed by atoms with Crippen LogP contribution in [-0.4, -0.2) is 56.1 Å². The number of fused-ring (bicyclic) bond motifs is 2. The van der Waals surface area contributed by atoms with E-state index in [1.54, 1.807) is 0 Å². The van der Waals surface area contributed by atoms with E-state index in [2.05, 4.69) is 44.5 Å². The molecule has 0 unspecified atom stereocenters. The molecule has 1 saturated heterocycles. The summed E-state index contributed by atoms with van der Waals surface area (Å²) in [5, 5.41) is 13.6. The minimum atomic E-state index is -0.123. The molecule has 4 aromatic rings. The predicted molar refractivity (Wildman–Crippen MR) is 136 cm³/mol. The van der Waals surface area contributed by atoms with E-state index in [4.69, 9.17) is 14.2 Å². The molecular weight excluding hydrogens is 472 g/mol. The number of nitrogens with zero attached hydrogens (tertiary/aromatic N) is 5. The van der Waals surface area contributed by atoms with Gasteiger partial charge in [0, 0.05) is 36.7 Å². The quantitative estimate of drug-likeness (QED) is 0.371. The van der Waals surface area contributed by atoms with Gasteiger partial charge in [0.05, 0.1) is 24.2 Å². The fourth-order valence-electron chi connectivity index (χ4n) is 5.25. The van der Waals surface area contributed by atoms with Crippen LogP contribution in [-0.2, 0) is 17.8 Å². The number of benzene rings is 2. The number of H-pyrrole nitrogens is 1. The van der Waals surface area contributed by atoms with Crippen molar-refractivity contribution in [2.45, 2.75) is 51.4 Å². The molecule has 1 fully saturated rings. The highest BCUT2D eigenvalue weighted by Crippen LogP contribution is 2.35. The molecule has 0 saturated carbocycles. The summed E-state index contributed by atoms with van der Waals surface area (Å²) in [5.74, 6) is 2.12. The van der Waals surface area contributed by atoms with Crippen molar-refractivity contribution in [3.05, 3.63) is 75.8 Å². The largest absolute Gasteiger partial charge is 0.454 e. The number of tetrazole rings is 1. The van der Waals surface area contributed by atoms with Crippen LogP contribution in [0, 0.1) is 0 Å². The minimum absolute atomic E-state index is 0.0882. The molecular formula is C27H30N6O4. The van der Waals surface area contributed by atoms with Crippen LogP contribution in [0.2, 0.25) is 0 Å². The first kappa shape index (κ1) is 23.6. The first-order valence-corrected chi connectivity index (χ1v) is 12.8. The smallest absolute Gasteiger partial charge is 0.252 e. The third-order valence-electron chi connectivity index (χ3n) is 7.11. The van der Waals surface area contributed by atoms with Crippen molar-refractivity contribution in [1.82, 2.24) is 30.1 Å². The van der Waals surface area contributed by atoms with Gasteiger partial charge in [-0.2, -0.15) is 0 Å². The summed E-state index contributed by atoms with van der Waals surface area (Å²) >= 11 is 0. The Bertz CT molecular complexity index is 1430. The molecule has 192 valence electrons. The molecule has 2 atom stereocenters. The Morgan fingerprint density at radius 3 is 2.78 bits per heavy atom. The highest BCUT2D eigenvalue weighted by molar-refractivity contribution is 5.83. The first-order chi connectivity index (χ1) is 18.2. The van der Waals surface area contributed by atoms with Gasteiger partial charge in [0.1, 0.15) is 0 Å². The van der Waals surface area contributed by atoms with Crippen LogP contribution in [0.5, 0.6) is 11.5 Å². The van der Waals surface area contributed by atoms with Crippen molar-refractivity contribution in [2.24, 2.45) is 0 Å². The van der Waals surface area contributed by atoms with E-state index in [9.17, 15) is 4.79 Å². The number of rotatable bonds is 9. The molecule has 0 radical (unpaired) electrons. The van der Waals surface area contributed by atoms with Crippen LogP contribution in [0.1, 0.15) is 49.2 Å². The molecule has 0 spiro atoms.